The quantitative estimate of drug-likeness (QED) is 0.487. The number of piperidine rings is 1. The van der Waals surface area contributed by atoms with Crippen LogP contribution in [-0.2, 0) is 4.79 Å². The lowest BCUT2D eigenvalue weighted by molar-refractivity contribution is -0.121. The highest BCUT2D eigenvalue weighted by molar-refractivity contribution is 5.85. The molecule has 6 nitrogen and oxygen atoms in total. The Morgan fingerprint density at radius 1 is 1.17 bits per heavy atom. The third kappa shape index (κ3) is 9.11. The molecular formula is C18H37N5O. The average molecular weight is 340 g/mol. The summed E-state index contributed by atoms with van der Waals surface area (Å²) in [5.41, 5.74) is -0.217. The predicted octanol–water partition coefficient (Wildman–Crippen LogP) is 1.58. The van der Waals surface area contributed by atoms with Crippen molar-refractivity contribution in [1.29, 1.82) is 0 Å². The Morgan fingerprint density at radius 3 is 2.38 bits per heavy atom. The molecule has 0 atom stereocenters. The van der Waals surface area contributed by atoms with E-state index in [0.29, 0.717) is 0 Å². The minimum atomic E-state index is -0.217. The number of likely N-dealkylation sites (tertiary alicyclic amines) is 1. The highest BCUT2D eigenvalue weighted by Gasteiger charge is 2.17. The van der Waals surface area contributed by atoms with Crippen LogP contribution in [0.3, 0.4) is 0 Å². The van der Waals surface area contributed by atoms with E-state index >= 15 is 0 Å². The van der Waals surface area contributed by atoms with E-state index in [2.05, 4.69) is 32.8 Å². The first kappa shape index (κ1) is 20.7. The fourth-order valence-corrected chi connectivity index (χ4v) is 2.94. The van der Waals surface area contributed by atoms with Crippen molar-refractivity contribution in [3.63, 3.8) is 0 Å². The second-order valence-corrected chi connectivity index (χ2v) is 7.59. The van der Waals surface area contributed by atoms with E-state index in [-0.39, 0.29) is 18.0 Å². The first-order chi connectivity index (χ1) is 11.3. The van der Waals surface area contributed by atoms with Gasteiger partial charge >= 0.3 is 0 Å². The average Bonchev–Trinajstić information content (AvgIpc) is 2.51. The number of amides is 1. The number of guanidine groups is 1. The van der Waals surface area contributed by atoms with Crippen LogP contribution in [0, 0.1) is 5.92 Å². The number of carbonyl (C=O) groups is 1. The van der Waals surface area contributed by atoms with E-state index in [1.807, 2.05) is 27.7 Å². The lowest BCUT2D eigenvalue weighted by atomic mass is 9.93. The van der Waals surface area contributed by atoms with Crippen LogP contribution in [0.25, 0.3) is 0 Å². The topological polar surface area (TPSA) is 68.8 Å². The summed E-state index contributed by atoms with van der Waals surface area (Å²) in [7, 11) is 0. The molecule has 3 N–H and O–H groups in total. The Kier molecular flexibility index (Phi) is 9.11. The lowest BCUT2D eigenvalue weighted by Crippen LogP contribution is -2.43. The zero-order valence-corrected chi connectivity index (χ0v) is 16.2. The fourth-order valence-electron chi connectivity index (χ4n) is 2.94. The Hall–Kier alpha value is -1.30. The number of hydrogen-bond donors (Lipinski definition) is 3. The van der Waals surface area contributed by atoms with E-state index < -0.39 is 0 Å². The van der Waals surface area contributed by atoms with Gasteiger partial charge in [0.15, 0.2) is 5.96 Å². The second kappa shape index (κ2) is 10.5. The van der Waals surface area contributed by atoms with E-state index in [4.69, 9.17) is 0 Å². The first-order valence-electron chi connectivity index (χ1n) is 9.39. The van der Waals surface area contributed by atoms with Gasteiger partial charge in [-0.25, -0.2) is 4.99 Å². The van der Waals surface area contributed by atoms with Crippen LogP contribution in [0.2, 0.25) is 0 Å². The zero-order chi connectivity index (χ0) is 18.0. The molecule has 6 heteroatoms. The normalized spacial score (nSPS) is 17.6. The van der Waals surface area contributed by atoms with Gasteiger partial charge in [-0.15, -0.1) is 0 Å². The fraction of sp³-hybridized carbons (Fsp3) is 0.889. The summed E-state index contributed by atoms with van der Waals surface area (Å²) in [5, 5.41) is 9.49. The maximum Gasteiger partial charge on any atom is 0.242 e. The maximum absolute atomic E-state index is 11.9. The van der Waals surface area contributed by atoms with Crippen molar-refractivity contribution in [2.75, 3.05) is 39.3 Å². The Balaban J connectivity index is 2.32. The number of aliphatic imine (C=N–C) groups is 1. The lowest BCUT2D eigenvalue weighted by Gasteiger charge is -2.31. The van der Waals surface area contributed by atoms with Gasteiger partial charge in [-0.05, 0) is 72.5 Å². The summed E-state index contributed by atoms with van der Waals surface area (Å²) in [6, 6.07) is 0. The van der Waals surface area contributed by atoms with Gasteiger partial charge in [0.1, 0.15) is 6.54 Å². The molecule has 0 radical (unpaired) electrons. The second-order valence-electron chi connectivity index (χ2n) is 7.59. The van der Waals surface area contributed by atoms with Crippen molar-refractivity contribution in [3.05, 3.63) is 0 Å². The highest BCUT2D eigenvalue weighted by Crippen LogP contribution is 2.19. The number of hydrogen-bond acceptors (Lipinski definition) is 3. The molecule has 1 aliphatic heterocycles. The molecule has 1 saturated heterocycles. The molecule has 0 aromatic carbocycles. The summed E-state index contributed by atoms with van der Waals surface area (Å²) in [6.07, 6.45) is 3.74. The maximum atomic E-state index is 11.9. The molecule has 24 heavy (non-hydrogen) atoms. The molecule has 0 aromatic rings. The van der Waals surface area contributed by atoms with Crippen molar-refractivity contribution >= 4 is 11.9 Å². The van der Waals surface area contributed by atoms with Crippen molar-refractivity contribution in [1.82, 2.24) is 20.9 Å². The third-order valence-corrected chi connectivity index (χ3v) is 4.24. The Morgan fingerprint density at radius 2 is 1.83 bits per heavy atom. The molecule has 0 aromatic heterocycles. The van der Waals surface area contributed by atoms with Gasteiger partial charge in [0, 0.05) is 18.6 Å². The summed E-state index contributed by atoms with van der Waals surface area (Å²) in [6.45, 7) is 15.7. The molecule has 0 bridgehead atoms. The molecule has 1 aliphatic rings. The van der Waals surface area contributed by atoms with Gasteiger partial charge in [-0.1, -0.05) is 6.92 Å². The molecule has 1 amide bonds. The summed E-state index contributed by atoms with van der Waals surface area (Å²) < 4.78 is 0. The van der Waals surface area contributed by atoms with Gasteiger partial charge in [0.25, 0.3) is 0 Å². The van der Waals surface area contributed by atoms with Gasteiger partial charge in [-0.2, -0.15) is 0 Å². The van der Waals surface area contributed by atoms with E-state index in [9.17, 15) is 4.79 Å². The number of nitrogens with zero attached hydrogens (tertiary/aromatic N) is 2. The smallest absolute Gasteiger partial charge is 0.242 e. The molecule has 1 fully saturated rings. The molecule has 1 rings (SSSR count). The van der Waals surface area contributed by atoms with Crippen LogP contribution in [0.4, 0.5) is 0 Å². The summed E-state index contributed by atoms with van der Waals surface area (Å²) >= 11 is 0. The van der Waals surface area contributed by atoms with E-state index in [0.717, 1.165) is 31.4 Å². The Labute approximate surface area is 147 Å². The third-order valence-electron chi connectivity index (χ3n) is 4.24. The summed E-state index contributed by atoms with van der Waals surface area (Å²) in [5.74, 6) is 1.48. The first-order valence-corrected chi connectivity index (χ1v) is 9.39. The van der Waals surface area contributed by atoms with Crippen molar-refractivity contribution in [3.8, 4) is 0 Å². The minimum absolute atomic E-state index is 0.0494. The van der Waals surface area contributed by atoms with Gasteiger partial charge < -0.3 is 20.9 Å². The van der Waals surface area contributed by atoms with Gasteiger partial charge in [0.2, 0.25) is 5.91 Å². The van der Waals surface area contributed by atoms with Crippen LogP contribution in [0.5, 0.6) is 0 Å². The van der Waals surface area contributed by atoms with E-state index in [1.54, 1.807) is 0 Å². The number of nitrogens with one attached hydrogen (secondary N) is 3. The molecular weight excluding hydrogens is 302 g/mol. The molecule has 0 unspecified atom stereocenters. The number of carbonyl (C=O) groups excluding carboxylic acids is 1. The number of rotatable bonds is 7. The van der Waals surface area contributed by atoms with Crippen molar-refractivity contribution in [2.45, 2.75) is 59.4 Å². The highest BCUT2D eigenvalue weighted by atomic mass is 16.2. The molecule has 0 spiro atoms. The molecule has 140 valence electrons. The van der Waals surface area contributed by atoms with Crippen LogP contribution < -0.4 is 16.0 Å². The van der Waals surface area contributed by atoms with E-state index in [1.165, 1.54) is 32.5 Å². The summed E-state index contributed by atoms with van der Waals surface area (Å²) in [4.78, 5) is 18.8. The van der Waals surface area contributed by atoms with Crippen LogP contribution >= 0.6 is 0 Å². The Bertz CT molecular complexity index is 395. The van der Waals surface area contributed by atoms with Gasteiger partial charge in [0.05, 0.1) is 0 Å². The standard InChI is InChI=1S/C18H37N5O/c1-6-19-17(21-14-16(24)22-18(3,4)5)20-11-8-15-9-12-23(7-2)13-10-15/h15H,6-14H2,1-5H3,(H,22,24)(H2,19,20,21). The van der Waals surface area contributed by atoms with Crippen LogP contribution in [0.15, 0.2) is 4.99 Å². The van der Waals surface area contributed by atoms with Crippen molar-refractivity contribution < 1.29 is 4.79 Å². The predicted molar refractivity (Wildman–Crippen MR) is 101 cm³/mol. The minimum Gasteiger partial charge on any atom is -0.357 e. The zero-order valence-electron chi connectivity index (χ0n) is 16.2. The van der Waals surface area contributed by atoms with Crippen LogP contribution in [-0.4, -0.2) is 61.6 Å². The molecule has 0 aliphatic carbocycles. The molecule has 0 saturated carbocycles. The van der Waals surface area contributed by atoms with Crippen LogP contribution in [0.1, 0.15) is 53.9 Å². The molecule has 1 heterocycles. The monoisotopic (exact) mass is 339 g/mol. The SMILES string of the molecule is CCNC(=NCC(=O)NC(C)(C)C)NCCC1CCN(CC)CC1. The largest absolute Gasteiger partial charge is 0.357 e. The van der Waals surface area contributed by atoms with Crippen molar-refractivity contribution in [2.24, 2.45) is 10.9 Å². The van der Waals surface area contributed by atoms with Gasteiger partial charge in [-0.3, -0.25) is 4.79 Å².